The van der Waals surface area contributed by atoms with E-state index in [9.17, 15) is 12.9 Å². The van der Waals surface area contributed by atoms with Gasteiger partial charge in [-0.3, -0.25) is 0 Å². The highest BCUT2D eigenvalue weighted by molar-refractivity contribution is 6.67. The first kappa shape index (κ1) is 9.41. The molecule has 0 radical (unpaired) electrons. The molecule has 0 N–H and O–H groups in total. The topological polar surface area (TPSA) is 0 Å². The van der Waals surface area contributed by atoms with Crippen LogP contribution in [0.2, 0.25) is 0 Å². The summed E-state index contributed by atoms with van der Waals surface area (Å²) < 4.78 is 34.1. The van der Waals surface area contributed by atoms with Gasteiger partial charge in [-0.1, -0.05) is 13.3 Å². The van der Waals surface area contributed by atoms with Gasteiger partial charge in [0.05, 0.1) is 0 Å². The predicted octanol–water partition coefficient (Wildman–Crippen LogP) is 2.57. The van der Waals surface area contributed by atoms with Gasteiger partial charge in [0.1, 0.15) is 0 Å². The zero-order chi connectivity index (χ0) is 8.04. The Hall–Kier alpha value is -0.585. The van der Waals surface area contributed by atoms with Gasteiger partial charge in [-0.05, 0) is 6.42 Å². The number of hydrogen-bond donors (Lipinski definition) is 0. The molecule has 0 saturated carbocycles. The minimum absolute atomic E-state index is 0.359. The summed E-state index contributed by atoms with van der Waals surface area (Å²) in [6.07, 6.45) is 2.00. The molecule has 0 amide bonds. The Bertz CT molecular complexity index is 139. The standard InChI is InChI=1S/C6H9BF3/c1-2-3-4-5-6-7(8,9)10/h2-4H2,1H3/q-1. The molecule has 4 heteroatoms. The van der Waals surface area contributed by atoms with Crippen molar-refractivity contribution in [3.8, 4) is 11.7 Å². The molecule has 10 heavy (non-hydrogen) atoms. The normalized spacial score (nSPS) is 10.4. The van der Waals surface area contributed by atoms with Crippen molar-refractivity contribution in [2.24, 2.45) is 0 Å². The predicted molar refractivity (Wildman–Crippen MR) is 36.4 cm³/mol. The first-order valence-corrected chi connectivity index (χ1v) is 3.25. The molecule has 0 rings (SSSR count). The molecule has 0 unspecified atom stereocenters. The van der Waals surface area contributed by atoms with Crippen LogP contribution in [0, 0.1) is 11.7 Å². The second-order valence-electron chi connectivity index (χ2n) is 2.00. The van der Waals surface area contributed by atoms with Gasteiger partial charge in [0.15, 0.2) is 0 Å². The lowest BCUT2D eigenvalue weighted by molar-refractivity contribution is 0.503. The Kier molecular flexibility index (Phi) is 4.02. The molecular weight excluding hydrogens is 140 g/mol. The fraction of sp³-hybridized carbons (Fsp3) is 0.667. The van der Waals surface area contributed by atoms with Gasteiger partial charge in [-0.25, -0.2) is 5.82 Å². The zero-order valence-electron chi connectivity index (χ0n) is 5.83. The summed E-state index contributed by atoms with van der Waals surface area (Å²) in [6, 6.07) is 0. The molecule has 0 aromatic heterocycles. The summed E-state index contributed by atoms with van der Waals surface area (Å²) in [5.74, 6) is 3.35. The Morgan fingerprint density at radius 1 is 1.30 bits per heavy atom. The molecule has 58 valence electrons. The van der Waals surface area contributed by atoms with E-state index >= 15 is 0 Å². The largest absolute Gasteiger partial charge is 0.557 e. The third-order valence-electron chi connectivity index (χ3n) is 0.921. The van der Waals surface area contributed by atoms with Crippen LogP contribution in [0.3, 0.4) is 0 Å². The lowest BCUT2D eigenvalue weighted by atomic mass is 9.94. The molecular formula is C6H9BF3-. The maximum absolute atomic E-state index is 11.4. The van der Waals surface area contributed by atoms with Crippen LogP contribution >= 0.6 is 0 Å². The summed E-state index contributed by atoms with van der Waals surface area (Å²) in [5, 5.41) is 0. The van der Waals surface area contributed by atoms with Crippen molar-refractivity contribution in [2.45, 2.75) is 26.2 Å². The molecule has 0 heterocycles. The number of halogens is 3. The van der Waals surface area contributed by atoms with E-state index in [-0.39, 0.29) is 0 Å². The van der Waals surface area contributed by atoms with Crippen molar-refractivity contribution < 1.29 is 12.9 Å². The molecule has 0 aromatic carbocycles. The summed E-state index contributed by atoms with van der Waals surface area (Å²) in [4.78, 5) is 0. The Labute approximate surface area is 58.9 Å². The second kappa shape index (κ2) is 4.27. The maximum atomic E-state index is 11.4. The fourth-order valence-electron chi connectivity index (χ4n) is 0.453. The van der Waals surface area contributed by atoms with Gasteiger partial charge in [-0.15, -0.1) is 5.92 Å². The van der Waals surface area contributed by atoms with Crippen LogP contribution < -0.4 is 0 Å². The van der Waals surface area contributed by atoms with Crippen LogP contribution in [-0.4, -0.2) is 6.98 Å². The molecule has 0 atom stereocenters. The smallest absolute Gasteiger partial charge is 0.438 e. The molecule has 0 fully saturated rings. The van der Waals surface area contributed by atoms with Crippen molar-refractivity contribution >= 4 is 6.98 Å². The quantitative estimate of drug-likeness (QED) is 0.321. The third-order valence-corrected chi connectivity index (χ3v) is 0.921. The molecule has 0 bridgehead atoms. The van der Waals surface area contributed by atoms with E-state index in [0.29, 0.717) is 6.42 Å². The monoisotopic (exact) mass is 149 g/mol. The second-order valence-corrected chi connectivity index (χ2v) is 2.00. The van der Waals surface area contributed by atoms with Crippen molar-refractivity contribution in [1.82, 2.24) is 0 Å². The highest BCUT2D eigenvalue weighted by atomic mass is 19.4. The van der Waals surface area contributed by atoms with Crippen LogP contribution in [0.4, 0.5) is 12.9 Å². The van der Waals surface area contributed by atoms with Gasteiger partial charge >= 0.3 is 6.98 Å². The SMILES string of the molecule is CCCCC#C[B-](F)(F)F. The molecule has 0 aliphatic rings. The van der Waals surface area contributed by atoms with Crippen molar-refractivity contribution in [1.29, 1.82) is 0 Å². The van der Waals surface area contributed by atoms with Crippen LogP contribution in [0.1, 0.15) is 26.2 Å². The zero-order valence-corrected chi connectivity index (χ0v) is 5.83. The van der Waals surface area contributed by atoms with Crippen LogP contribution in [-0.2, 0) is 0 Å². The van der Waals surface area contributed by atoms with E-state index in [0.717, 1.165) is 12.8 Å². The summed E-state index contributed by atoms with van der Waals surface area (Å²) in [7, 11) is 0. The van der Waals surface area contributed by atoms with E-state index in [2.05, 4.69) is 5.92 Å². The van der Waals surface area contributed by atoms with Crippen LogP contribution in [0.15, 0.2) is 0 Å². The summed E-state index contributed by atoms with van der Waals surface area (Å²) in [6.45, 7) is -2.96. The molecule has 0 spiro atoms. The first-order valence-electron chi connectivity index (χ1n) is 3.25. The summed E-state index contributed by atoms with van der Waals surface area (Å²) in [5.41, 5.74) is 0. The van der Waals surface area contributed by atoms with Gasteiger partial charge < -0.3 is 12.9 Å². The van der Waals surface area contributed by atoms with Crippen LogP contribution in [0.5, 0.6) is 0 Å². The van der Waals surface area contributed by atoms with E-state index in [1.165, 1.54) is 5.82 Å². The molecule has 0 aliphatic heterocycles. The average molecular weight is 149 g/mol. The van der Waals surface area contributed by atoms with Crippen molar-refractivity contribution in [3.63, 3.8) is 0 Å². The number of unbranched alkanes of at least 4 members (excludes halogenated alkanes) is 2. The molecule has 0 aromatic rings. The summed E-state index contributed by atoms with van der Waals surface area (Å²) >= 11 is 0. The van der Waals surface area contributed by atoms with E-state index in [1.807, 2.05) is 6.92 Å². The average Bonchev–Trinajstić information content (AvgIpc) is 1.78. The van der Waals surface area contributed by atoms with Crippen molar-refractivity contribution in [3.05, 3.63) is 0 Å². The third kappa shape index (κ3) is 7.41. The van der Waals surface area contributed by atoms with Crippen molar-refractivity contribution in [2.75, 3.05) is 0 Å². The fourth-order valence-corrected chi connectivity index (χ4v) is 0.453. The van der Waals surface area contributed by atoms with Gasteiger partial charge in [0.2, 0.25) is 0 Å². The minimum Gasteiger partial charge on any atom is -0.438 e. The molecule has 0 nitrogen and oxygen atoms in total. The highest BCUT2D eigenvalue weighted by Crippen LogP contribution is 2.05. The van der Waals surface area contributed by atoms with Crippen LogP contribution in [0.25, 0.3) is 0 Å². The van der Waals surface area contributed by atoms with Gasteiger partial charge in [0.25, 0.3) is 0 Å². The molecule has 0 saturated heterocycles. The first-order chi connectivity index (χ1) is 4.56. The van der Waals surface area contributed by atoms with E-state index in [4.69, 9.17) is 0 Å². The number of rotatable bonds is 2. The maximum Gasteiger partial charge on any atom is 0.557 e. The number of hydrogen-bond acceptors (Lipinski definition) is 0. The van der Waals surface area contributed by atoms with E-state index in [1.54, 1.807) is 0 Å². The lowest BCUT2D eigenvalue weighted by Crippen LogP contribution is -2.10. The van der Waals surface area contributed by atoms with Gasteiger partial charge in [0, 0.05) is 6.42 Å². The minimum atomic E-state index is -4.88. The Morgan fingerprint density at radius 3 is 2.30 bits per heavy atom. The Balaban J connectivity index is 3.50. The van der Waals surface area contributed by atoms with E-state index < -0.39 is 6.98 Å². The highest BCUT2D eigenvalue weighted by Gasteiger charge is 2.17. The Morgan fingerprint density at radius 2 is 1.90 bits per heavy atom. The lowest BCUT2D eigenvalue weighted by Gasteiger charge is -2.01. The molecule has 0 aliphatic carbocycles. The van der Waals surface area contributed by atoms with Gasteiger partial charge in [-0.2, -0.15) is 0 Å².